The number of unbranched alkanes of at least 4 members (excludes halogenated alkanes) is 2. The first-order valence-electron chi connectivity index (χ1n) is 9.20. The van der Waals surface area contributed by atoms with E-state index in [1.54, 1.807) is 23.1 Å². The molecule has 0 bridgehead atoms. The monoisotopic (exact) mass is 357 g/mol. The van der Waals surface area contributed by atoms with Crippen LogP contribution in [-0.2, 0) is 24.2 Å². The van der Waals surface area contributed by atoms with Gasteiger partial charge in [0.05, 0.1) is 17.8 Å². The molecule has 0 radical (unpaired) electrons. The van der Waals surface area contributed by atoms with Gasteiger partial charge in [0.15, 0.2) is 0 Å². The number of halogens is 1. The first-order chi connectivity index (χ1) is 12.6. The zero-order valence-corrected chi connectivity index (χ0v) is 15.1. The molecule has 2 aromatic rings. The lowest BCUT2D eigenvalue weighted by atomic mass is 10.0. The maximum absolute atomic E-state index is 13.8. The van der Waals surface area contributed by atoms with Crippen LogP contribution in [0.2, 0.25) is 0 Å². The van der Waals surface area contributed by atoms with Crippen molar-refractivity contribution in [2.75, 3.05) is 6.54 Å². The number of nitrogens with one attached hydrogen (secondary N) is 1. The molecule has 0 atom stereocenters. The summed E-state index contributed by atoms with van der Waals surface area (Å²) < 4.78 is 13.8. The minimum atomic E-state index is -0.309. The average Bonchev–Trinajstić information content (AvgIpc) is 2.63. The lowest BCUT2D eigenvalue weighted by Gasteiger charge is -2.28. The van der Waals surface area contributed by atoms with Gasteiger partial charge in [0, 0.05) is 25.8 Å². The highest BCUT2D eigenvalue weighted by Gasteiger charge is 2.24. The number of aromatic amines is 1. The van der Waals surface area contributed by atoms with Crippen molar-refractivity contribution in [3.8, 4) is 0 Å². The fraction of sp³-hybridized carbons (Fsp3) is 0.450. The van der Waals surface area contributed by atoms with E-state index in [2.05, 4.69) is 16.9 Å². The smallest absolute Gasteiger partial charge is 0.256 e. The summed E-state index contributed by atoms with van der Waals surface area (Å²) in [5, 5.41) is 0. The van der Waals surface area contributed by atoms with Gasteiger partial charge < -0.3 is 9.88 Å². The molecular formula is C20H24FN3O2. The fourth-order valence-electron chi connectivity index (χ4n) is 3.28. The lowest BCUT2D eigenvalue weighted by molar-refractivity contribution is -0.132. The highest BCUT2D eigenvalue weighted by Crippen LogP contribution is 2.17. The number of amides is 1. The second kappa shape index (κ2) is 8.25. The highest BCUT2D eigenvalue weighted by atomic mass is 19.1. The molecule has 3 rings (SSSR count). The number of H-pyrrole nitrogens is 1. The zero-order chi connectivity index (χ0) is 18.5. The Morgan fingerprint density at radius 1 is 1.31 bits per heavy atom. The maximum atomic E-state index is 13.8. The average molecular weight is 357 g/mol. The van der Waals surface area contributed by atoms with Gasteiger partial charge in [-0.1, -0.05) is 38.0 Å². The van der Waals surface area contributed by atoms with Crippen LogP contribution in [0, 0.1) is 5.82 Å². The molecule has 2 heterocycles. The Kier molecular flexibility index (Phi) is 5.81. The van der Waals surface area contributed by atoms with E-state index >= 15 is 0 Å². The van der Waals surface area contributed by atoms with Crippen molar-refractivity contribution in [1.82, 2.24) is 14.9 Å². The summed E-state index contributed by atoms with van der Waals surface area (Å²) in [5.41, 5.74) is 1.54. The molecule has 0 aliphatic carbocycles. The number of rotatable bonds is 6. The molecule has 1 N–H and O–H groups in total. The summed E-state index contributed by atoms with van der Waals surface area (Å²) in [4.78, 5) is 33.8. The van der Waals surface area contributed by atoms with E-state index in [0.29, 0.717) is 42.9 Å². The van der Waals surface area contributed by atoms with Crippen LogP contribution in [0.25, 0.3) is 0 Å². The molecule has 1 aromatic heterocycles. The summed E-state index contributed by atoms with van der Waals surface area (Å²) in [7, 11) is 0. The third-order valence-corrected chi connectivity index (χ3v) is 4.78. The van der Waals surface area contributed by atoms with Crippen LogP contribution in [0.4, 0.5) is 4.39 Å². The largest absolute Gasteiger partial charge is 0.338 e. The topological polar surface area (TPSA) is 66.1 Å². The number of carbonyl (C=O) groups is 1. The summed E-state index contributed by atoms with van der Waals surface area (Å²) >= 11 is 0. The van der Waals surface area contributed by atoms with Crippen molar-refractivity contribution in [1.29, 1.82) is 0 Å². The van der Waals surface area contributed by atoms with Gasteiger partial charge in [0.2, 0.25) is 5.91 Å². The summed E-state index contributed by atoms with van der Waals surface area (Å²) in [6.45, 7) is 2.99. The van der Waals surface area contributed by atoms with Gasteiger partial charge in [-0.15, -0.1) is 0 Å². The van der Waals surface area contributed by atoms with Crippen molar-refractivity contribution in [2.45, 2.75) is 52.0 Å². The predicted molar refractivity (Wildman–Crippen MR) is 97.3 cm³/mol. The van der Waals surface area contributed by atoms with E-state index in [1.165, 1.54) is 6.07 Å². The quantitative estimate of drug-likeness (QED) is 0.809. The van der Waals surface area contributed by atoms with Crippen LogP contribution in [0.15, 0.2) is 29.1 Å². The Hall–Kier alpha value is -2.50. The Morgan fingerprint density at radius 2 is 2.12 bits per heavy atom. The van der Waals surface area contributed by atoms with E-state index in [1.807, 2.05) is 0 Å². The SMILES string of the molecule is CCCCCC(=O)N1CCc2nc(Cc3ccccc3F)[nH]c(=O)c2C1. The van der Waals surface area contributed by atoms with Crippen molar-refractivity contribution >= 4 is 5.91 Å². The molecule has 0 saturated heterocycles. The molecule has 0 saturated carbocycles. The minimum Gasteiger partial charge on any atom is -0.338 e. The van der Waals surface area contributed by atoms with E-state index in [0.717, 1.165) is 25.0 Å². The van der Waals surface area contributed by atoms with Gasteiger partial charge in [-0.2, -0.15) is 0 Å². The normalized spacial score (nSPS) is 13.5. The van der Waals surface area contributed by atoms with Gasteiger partial charge in [-0.3, -0.25) is 9.59 Å². The Labute approximate surface area is 152 Å². The molecule has 5 nitrogen and oxygen atoms in total. The van der Waals surface area contributed by atoms with Crippen LogP contribution in [0.1, 0.15) is 55.3 Å². The van der Waals surface area contributed by atoms with E-state index in [-0.39, 0.29) is 23.7 Å². The van der Waals surface area contributed by atoms with Crippen molar-refractivity contribution in [3.05, 3.63) is 63.1 Å². The third kappa shape index (κ3) is 4.18. The van der Waals surface area contributed by atoms with E-state index in [4.69, 9.17) is 0 Å². The maximum Gasteiger partial charge on any atom is 0.256 e. The number of hydrogen-bond acceptors (Lipinski definition) is 3. The van der Waals surface area contributed by atoms with E-state index < -0.39 is 0 Å². The molecule has 26 heavy (non-hydrogen) atoms. The number of hydrogen-bond donors (Lipinski definition) is 1. The third-order valence-electron chi connectivity index (χ3n) is 4.78. The van der Waals surface area contributed by atoms with Gasteiger partial charge in [-0.25, -0.2) is 9.37 Å². The summed E-state index contributed by atoms with van der Waals surface area (Å²) in [6.07, 6.45) is 4.33. The molecule has 0 fully saturated rings. The van der Waals surface area contributed by atoms with Crippen LogP contribution in [0.5, 0.6) is 0 Å². The molecule has 0 spiro atoms. The first kappa shape index (κ1) is 18.3. The van der Waals surface area contributed by atoms with Gasteiger partial charge in [0.1, 0.15) is 11.6 Å². The van der Waals surface area contributed by atoms with Crippen LogP contribution >= 0.6 is 0 Å². The second-order valence-corrected chi connectivity index (χ2v) is 6.73. The molecule has 1 aliphatic rings. The zero-order valence-electron chi connectivity index (χ0n) is 15.1. The van der Waals surface area contributed by atoms with Crippen molar-refractivity contribution < 1.29 is 9.18 Å². The first-order valence-corrected chi connectivity index (χ1v) is 9.20. The molecule has 0 unspecified atom stereocenters. The predicted octanol–water partition coefficient (Wildman–Crippen LogP) is 2.96. The van der Waals surface area contributed by atoms with Crippen LogP contribution in [0.3, 0.4) is 0 Å². The van der Waals surface area contributed by atoms with Gasteiger partial charge in [0.25, 0.3) is 5.56 Å². The molecule has 1 aromatic carbocycles. The molecule has 138 valence electrons. The summed E-state index contributed by atoms with van der Waals surface area (Å²) in [5.74, 6) is 0.247. The number of nitrogens with zero attached hydrogens (tertiary/aromatic N) is 2. The van der Waals surface area contributed by atoms with Gasteiger partial charge >= 0.3 is 0 Å². The van der Waals surface area contributed by atoms with Crippen molar-refractivity contribution in [2.24, 2.45) is 0 Å². The Bertz CT molecular complexity index is 847. The number of carbonyl (C=O) groups excluding carboxylic acids is 1. The fourth-order valence-corrected chi connectivity index (χ4v) is 3.28. The number of fused-ring (bicyclic) bond motifs is 1. The number of benzene rings is 1. The van der Waals surface area contributed by atoms with Crippen LogP contribution in [-0.4, -0.2) is 27.3 Å². The molecule has 1 amide bonds. The lowest BCUT2D eigenvalue weighted by Crippen LogP contribution is -2.39. The van der Waals surface area contributed by atoms with E-state index in [9.17, 15) is 14.0 Å². The molecule has 6 heteroatoms. The molecular weight excluding hydrogens is 333 g/mol. The molecule has 1 aliphatic heterocycles. The Morgan fingerprint density at radius 3 is 2.88 bits per heavy atom. The summed E-state index contributed by atoms with van der Waals surface area (Å²) in [6, 6.07) is 6.48. The van der Waals surface area contributed by atoms with Gasteiger partial charge in [-0.05, 0) is 18.1 Å². The standard InChI is InChI=1S/C20H24FN3O2/c1-2-3-4-9-19(25)24-11-10-17-15(13-24)20(26)23-18(22-17)12-14-7-5-6-8-16(14)21/h5-8H,2-4,9-13H2,1H3,(H,22,23,26). The highest BCUT2D eigenvalue weighted by molar-refractivity contribution is 5.76. The van der Waals surface area contributed by atoms with Crippen molar-refractivity contribution in [3.63, 3.8) is 0 Å². The number of aromatic nitrogens is 2. The van der Waals surface area contributed by atoms with Crippen LogP contribution < -0.4 is 5.56 Å². The Balaban J connectivity index is 1.74. The minimum absolute atomic E-state index is 0.0962. The second-order valence-electron chi connectivity index (χ2n) is 6.73.